The van der Waals surface area contributed by atoms with E-state index < -0.39 is 0 Å². The van der Waals surface area contributed by atoms with Crippen molar-refractivity contribution in [2.45, 2.75) is 19.8 Å². The van der Waals surface area contributed by atoms with Crippen molar-refractivity contribution in [3.8, 4) is 5.75 Å². The fourth-order valence-electron chi connectivity index (χ4n) is 1.75. The van der Waals surface area contributed by atoms with Gasteiger partial charge in [0, 0.05) is 19.0 Å². The molecule has 0 bridgehead atoms. The summed E-state index contributed by atoms with van der Waals surface area (Å²) in [4.78, 5) is 0. The van der Waals surface area contributed by atoms with Crippen LogP contribution in [-0.4, -0.2) is 18.2 Å². The Bertz CT molecular complexity index is 306. The molecule has 1 saturated heterocycles. The molecule has 0 radical (unpaired) electrons. The van der Waals surface area contributed by atoms with E-state index in [0.717, 1.165) is 24.2 Å². The molecule has 1 aliphatic rings. The second-order valence-corrected chi connectivity index (χ2v) is 3.86. The van der Waals surface area contributed by atoms with E-state index >= 15 is 0 Å². The van der Waals surface area contributed by atoms with E-state index in [1.54, 1.807) is 0 Å². The molecule has 13 heavy (non-hydrogen) atoms. The molecule has 2 N–H and O–H groups in total. The molecule has 0 unspecified atom stereocenters. The van der Waals surface area contributed by atoms with Gasteiger partial charge in [0.05, 0.1) is 0 Å². The quantitative estimate of drug-likeness (QED) is 0.684. The lowest BCUT2D eigenvalue weighted by Crippen LogP contribution is -2.39. The summed E-state index contributed by atoms with van der Waals surface area (Å²) in [5, 5.41) is 12.8. The zero-order valence-electron chi connectivity index (χ0n) is 8.09. The molecule has 0 atom stereocenters. The molecule has 1 aromatic carbocycles. The van der Waals surface area contributed by atoms with Gasteiger partial charge in [0.1, 0.15) is 5.75 Å². The predicted molar refractivity (Wildman–Crippen MR) is 53.2 cm³/mol. The first kappa shape index (κ1) is 8.57. The van der Waals surface area contributed by atoms with E-state index in [4.69, 9.17) is 0 Å². The fraction of sp³-hybridized carbons (Fsp3) is 0.455. The van der Waals surface area contributed by atoms with Gasteiger partial charge in [-0.3, -0.25) is 0 Å². The number of benzene rings is 1. The number of aromatic hydroxyl groups is 1. The second kappa shape index (κ2) is 3.04. The minimum atomic E-state index is 0.441. The lowest BCUT2D eigenvalue weighted by molar-refractivity contribution is 0.443. The van der Waals surface area contributed by atoms with Crippen molar-refractivity contribution >= 4 is 0 Å². The Labute approximate surface area is 78.6 Å². The van der Waals surface area contributed by atoms with Crippen LogP contribution >= 0.6 is 0 Å². The Balaban J connectivity index is 2.37. The number of hydrogen-bond acceptors (Lipinski definition) is 2. The van der Waals surface area contributed by atoms with Crippen LogP contribution in [0.5, 0.6) is 5.75 Å². The number of nitrogens with one attached hydrogen (secondary N) is 1. The van der Waals surface area contributed by atoms with Gasteiger partial charge >= 0.3 is 0 Å². The second-order valence-electron chi connectivity index (χ2n) is 3.86. The average Bonchev–Trinajstić information content (AvgIpc) is 1.96. The Kier molecular flexibility index (Phi) is 2.00. The topological polar surface area (TPSA) is 32.3 Å². The monoisotopic (exact) mass is 177 g/mol. The molecular formula is C11H15NO. The normalized spacial score (nSPS) is 17.1. The van der Waals surface area contributed by atoms with Crippen LogP contribution in [0.4, 0.5) is 0 Å². The van der Waals surface area contributed by atoms with Crippen molar-refractivity contribution in [3.63, 3.8) is 0 Å². The highest BCUT2D eigenvalue weighted by Gasteiger charge is 2.19. The maximum atomic E-state index is 9.59. The van der Waals surface area contributed by atoms with Crippen LogP contribution in [-0.2, 0) is 0 Å². The molecule has 0 aromatic heterocycles. The van der Waals surface area contributed by atoms with Gasteiger partial charge in [0.15, 0.2) is 0 Å². The summed E-state index contributed by atoms with van der Waals surface area (Å²) in [7, 11) is 0. The van der Waals surface area contributed by atoms with Crippen LogP contribution in [0.25, 0.3) is 0 Å². The van der Waals surface area contributed by atoms with Crippen LogP contribution < -0.4 is 5.32 Å². The first-order valence-corrected chi connectivity index (χ1v) is 4.69. The molecule has 2 rings (SSSR count). The Hall–Kier alpha value is -1.02. The van der Waals surface area contributed by atoms with Crippen LogP contribution in [0, 0.1) is 13.8 Å². The first-order valence-electron chi connectivity index (χ1n) is 4.69. The molecule has 0 spiro atoms. The van der Waals surface area contributed by atoms with E-state index in [0.29, 0.717) is 11.7 Å². The van der Waals surface area contributed by atoms with Crippen molar-refractivity contribution in [2.24, 2.45) is 0 Å². The number of rotatable bonds is 1. The molecule has 1 aliphatic heterocycles. The summed E-state index contributed by atoms with van der Waals surface area (Å²) < 4.78 is 0. The maximum Gasteiger partial charge on any atom is 0.121 e. The molecule has 0 amide bonds. The summed E-state index contributed by atoms with van der Waals surface area (Å²) in [6, 6.07) is 4.18. The third-order valence-corrected chi connectivity index (χ3v) is 2.77. The van der Waals surface area contributed by atoms with Gasteiger partial charge in [0.2, 0.25) is 0 Å². The molecule has 1 heterocycles. The van der Waals surface area contributed by atoms with Gasteiger partial charge < -0.3 is 10.4 Å². The Morgan fingerprint density at radius 2 is 1.77 bits per heavy atom. The smallest absolute Gasteiger partial charge is 0.121 e. The highest BCUT2D eigenvalue weighted by atomic mass is 16.3. The number of phenolic OH excluding ortho intramolecular Hbond substituents is 1. The molecule has 2 heteroatoms. The summed E-state index contributed by atoms with van der Waals surface area (Å²) in [6.07, 6.45) is 0. The molecule has 0 aliphatic carbocycles. The van der Waals surface area contributed by atoms with Crippen LogP contribution in [0.15, 0.2) is 12.1 Å². The highest BCUT2D eigenvalue weighted by Crippen LogP contribution is 2.28. The number of phenols is 1. The highest BCUT2D eigenvalue weighted by molar-refractivity contribution is 5.43. The molecule has 1 fully saturated rings. The van der Waals surface area contributed by atoms with Crippen molar-refractivity contribution in [1.82, 2.24) is 5.32 Å². The van der Waals surface area contributed by atoms with Crippen molar-refractivity contribution in [3.05, 3.63) is 28.8 Å². The number of aryl methyl sites for hydroxylation is 2. The summed E-state index contributed by atoms with van der Waals surface area (Å²) >= 11 is 0. The molecular weight excluding hydrogens is 162 g/mol. The van der Waals surface area contributed by atoms with Crippen LogP contribution in [0.2, 0.25) is 0 Å². The third kappa shape index (κ3) is 1.42. The van der Waals surface area contributed by atoms with E-state index in [-0.39, 0.29) is 0 Å². The van der Waals surface area contributed by atoms with Crippen molar-refractivity contribution < 1.29 is 5.11 Å². The Morgan fingerprint density at radius 1 is 1.23 bits per heavy atom. The molecule has 1 aromatic rings. The minimum absolute atomic E-state index is 0.441. The number of hydrogen-bond donors (Lipinski definition) is 2. The van der Waals surface area contributed by atoms with Gasteiger partial charge in [-0.15, -0.1) is 0 Å². The van der Waals surface area contributed by atoms with Crippen LogP contribution in [0.3, 0.4) is 0 Å². The first-order chi connectivity index (χ1) is 6.18. The largest absolute Gasteiger partial charge is 0.507 e. The van der Waals surface area contributed by atoms with Gasteiger partial charge in [-0.1, -0.05) is 12.1 Å². The van der Waals surface area contributed by atoms with Gasteiger partial charge in [-0.2, -0.15) is 0 Å². The van der Waals surface area contributed by atoms with Crippen LogP contribution in [0.1, 0.15) is 22.6 Å². The lowest BCUT2D eigenvalue weighted by atomic mass is 9.91. The van der Waals surface area contributed by atoms with E-state index in [1.165, 1.54) is 5.56 Å². The Morgan fingerprint density at radius 3 is 2.15 bits per heavy atom. The summed E-state index contributed by atoms with van der Waals surface area (Å²) in [5.41, 5.74) is 3.33. The van der Waals surface area contributed by atoms with Crippen molar-refractivity contribution in [1.29, 1.82) is 0 Å². The van der Waals surface area contributed by atoms with Gasteiger partial charge in [0.25, 0.3) is 0 Å². The maximum absolute atomic E-state index is 9.59. The van der Waals surface area contributed by atoms with E-state index in [1.807, 2.05) is 13.8 Å². The molecule has 0 saturated carbocycles. The lowest BCUT2D eigenvalue weighted by Gasteiger charge is -2.28. The molecule has 70 valence electrons. The SMILES string of the molecule is Cc1cc(C2CNC2)cc(C)c1O. The fourth-order valence-corrected chi connectivity index (χ4v) is 1.75. The van der Waals surface area contributed by atoms with Gasteiger partial charge in [-0.05, 0) is 30.5 Å². The molecule has 2 nitrogen and oxygen atoms in total. The van der Waals surface area contributed by atoms with E-state index in [9.17, 15) is 5.11 Å². The summed E-state index contributed by atoms with van der Waals surface area (Å²) in [5.74, 6) is 1.09. The summed E-state index contributed by atoms with van der Waals surface area (Å²) in [6.45, 7) is 6.06. The van der Waals surface area contributed by atoms with Gasteiger partial charge in [-0.25, -0.2) is 0 Å². The minimum Gasteiger partial charge on any atom is -0.507 e. The zero-order chi connectivity index (χ0) is 9.42. The third-order valence-electron chi connectivity index (χ3n) is 2.77. The average molecular weight is 177 g/mol. The zero-order valence-corrected chi connectivity index (χ0v) is 8.09. The standard InChI is InChI=1S/C11H15NO/c1-7-3-9(10-5-12-6-10)4-8(2)11(7)13/h3-4,10,12-13H,5-6H2,1-2H3. The predicted octanol–water partition coefficient (Wildman–Crippen LogP) is 1.70. The van der Waals surface area contributed by atoms with E-state index in [2.05, 4.69) is 17.4 Å². The van der Waals surface area contributed by atoms with Crippen molar-refractivity contribution in [2.75, 3.05) is 13.1 Å².